The molecule has 1 aromatic carbocycles. The SMILES string of the molecule is CC(=O)c1oc2ccccc2c1Cl. The number of hydrogen-bond acceptors (Lipinski definition) is 2. The minimum atomic E-state index is -0.152. The summed E-state index contributed by atoms with van der Waals surface area (Å²) in [6, 6.07) is 7.31. The van der Waals surface area contributed by atoms with Crippen LogP contribution in [0.15, 0.2) is 28.7 Å². The average Bonchev–Trinajstić information content (AvgIpc) is 2.45. The van der Waals surface area contributed by atoms with Crippen molar-refractivity contribution in [3.05, 3.63) is 35.0 Å². The molecule has 0 saturated heterocycles. The summed E-state index contributed by atoms with van der Waals surface area (Å²) in [6.07, 6.45) is 0. The van der Waals surface area contributed by atoms with Crippen LogP contribution < -0.4 is 0 Å². The standard InChI is InChI=1S/C10H7ClO2/c1-6(12)10-9(11)7-4-2-3-5-8(7)13-10/h2-5H,1H3. The van der Waals surface area contributed by atoms with Gasteiger partial charge in [-0.2, -0.15) is 0 Å². The van der Waals surface area contributed by atoms with Gasteiger partial charge in [0.15, 0.2) is 11.5 Å². The molecule has 2 rings (SSSR count). The third kappa shape index (κ3) is 1.23. The number of carbonyl (C=O) groups is 1. The maximum absolute atomic E-state index is 11.1. The smallest absolute Gasteiger partial charge is 0.196 e. The number of fused-ring (bicyclic) bond motifs is 1. The van der Waals surface area contributed by atoms with E-state index in [0.29, 0.717) is 10.6 Å². The lowest BCUT2D eigenvalue weighted by atomic mass is 10.2. The zero-order valence-corrected chi connectivity index (χ0v) is 7.76. The molecule has 0 fully saturated rings. The maximum Gasteiger partial charge on any atom is 0.196 e. The van der Waals surface area contributed by atoms with Crippen LogP contribution in [0.4, 0.5) is 0 Å². The van der Waals surface area contributed by atoms with E-state index in [-0.39, 0.29) is 11.5 Å². The van der Waals surface area contributed by atoms with Gasteiger partial charge in [0.05, 0.1) is 5.02 Å². The summed E-state index contributed by atoms with van der Waals surface area (Å²) in [7, 11) is 0. The number of Topliss-reactive ketones (excluding diaryl/α,β-unsaturated/α-hetero) is 1. The van der Waals surface area contributed by atoms with Crippen molar-refractivity contribution >= 4 is 28.4 Å². The third-order valence-electron chi connectivity index (χ3n) is 1.85. The number of furan rings is 1. The Morgan fingerprint density at radius 1 is 1.38 bits per heavy atom. The number of benzene rings is 1. The van der Waals surface area contributed by atoms with E-state index in [4.69, 9.17) is 16.0 Å². The molecule has 0 amide bonds. The quantitative estimate of drug-likeness (QED) is 0.652. The summed E-state index contributed by atoms with van der Waals surface area (Å²) in [6.45, 7) is 1.43. The van der Waals surface area contributed by atoms with Gasteiger partial charge in [0.25, 0.3) is 0 Å². The van der Waals surface area contributed by atoms with E-state index >= 15 is 0 Å². The van der Waals surface area contributed by atoms with Gasteiger partial charge < -0.3 is 4.42 Å². The summed E-state index contributed by atoms with van der Waals surface area (Å²) < 4.78 is 5.28. The fourth-order valence-corrected chi connectivity index (χ4v) is 1.57. The Balaban J connectivity index is 2.81. The first-order chi connectivity index (χ1) is 6.20. The molecule has 13 heavy (non-hydrogen) atoms. The van der Waals surface area contributed by atoms with Gasteiger partial charge in [0.2, 0.25) is 0 Å². The molecule has 66 valence electrons. The second-order valence-electron chi connectivity index (χ2n) is 2.80. The zero-order chi connectivity index (χ0) is 9.42. The van der Waals surface area contributed by atoms with Crippen LogP contribution in [-0.2, 0) is 0 Å². The van der Waals surface area contributed by atoms with Crippen molar-refractivity contribution in [2.45, 2.75) is 6.92 Å². The molecular weight excluding hydrogens is 188 g/mol. The summed E-state index contributed by atoms with van der Waals surface area (Å²) in [4.78, 5) is 11.1. The molecule has 0 atom stereocenters. The van der Waals surface area contributed by atoms with Crippen molar-refractivity contribution in [2.75, 3.05) is 0 Å². The van der Waals surface area contributed by atoms with Crippen LogP contribution in [0, 0.1) is 0 Å². The Hall–Kier alpha value is -1.28. The highest BCUT2D eigenvalue weighted by Crippen LogP contribution is 2.30. The molecule has 3 heteroatoms. The Morgan fingerprint density at radius 3 is 2.69 bits per heavy atom. The lowest BCUT2D eigenvalue weighted by Gasteiger charge is -1.85. The second kappa shape index (κ2) is 2.89. The van der Waals surface area contributed by atoms with Crippen LogP contribution >= 0.6 is 11.6 Å². The van der Waals surface area contributed by atoms with E-state index in [1.807, 2.05) is 18.2 Å². The van der Waals surface area contributed by atoms with Gasteiger partial charge in [0, 0.05) is 12.3 Å². The van der Waals surface area contributed by atoms with Crippen LogP contribution in [0.25, 0.3) is 11.0 Å². The molecule has 0 unspecified atom stereocenters. The summed E-state index contributed by atoms with van der Waals surface area (Å²) in [5.41, 5.74) is 0.651. The van der Waals surface area contributed by atoms with Crippen LogP contribution in [-0.4, -0.2) is 5.78 Å². The predicted molar refractivity (Wildman–Crippen MR) is 51.2 cm³/mol. The van der Waals surface area contributed by atoms with Gasteiger partial charge >= 0.3 is 0 Å². The van der Waals surface area contributed by atoms with E-state index in [1.54, 1.807) is 6.07 Å². The molecule has 1 aromatic heterocycles. The maximum atomic E-state index is 11.1. The van der Waals surface area contributed by atoms with Gasteiger partial charge in [-0.3, -0.25) is 4.79 Å². The highest BCUT2D eigenvalue weighted by molar-refractivity contribution is 6.38. The van der Waals surface area contributed by atoms with Crippen molar-refractivity contribution in [1.29, 1.82) is 0 Å². The molecule has 0 N–H and O–H groups in total. The molecule has 0 spiro atoms. The number of para-hydroxylation sites is 1. The largest absolute Gasteiger partial charge is 0.451 e. The van der Waals surface area contributed by atoms with Gasteiger partial charge in [-0.15, -0.1) is 0 Å². The van der Waals surface area contributed by atoms with Crippen molar-refractivity contribution in [3.8, 4) is 0 Å². The first-order valence-electron chi connectivity index (χ1n) is 3.88. The van der Waals surface area contributed by atoms with Crippen LogP contribution in [0.1, 0.15) is 17.5 Å². The van der Waals surface area contributed by atoms with Crippen LogP contribution in [0.2, 0.25) is 5.02 Å². The van der Waals surface area contributed by atoms with Crippen molar-refractivity contribution < 1.29 is 9.21 Å². The number of halogens is 1. The molecule has 0 aliphatic heterocycles. The molecular formula is C10H7ClO2. The molecule has 2 nitrogen and oxygen atoms in total. The van der Waals surface area contributed by atoms with E-state index in [0.717, 1.165) is 5.39 Å². The van der Waals surface area contributed by atoms with Gasteiger partial charge in [0.1, 0.15) is 5.58 Å². The number of carbonyl (C=O) groups excluding carboxylic acids is 1. The minimum absolute atomic E-state index is 0.152. The Bertz CT molecular complexity index is 471. The third-order valence-corrected chi connectivity index (χ3v) is 2.23. The summed E-state index contributed by atoms with van der Waals surface area (Å²) in [5, 5.41) is 1.19. The predicted octanol–water partition coefficient (Wildman–Crippen LogP) is 3.29. The van der Waals surface area contributed by atoms with Crippen molar-refractivity contribution in [2.24, 2.45) is 0 Å². The molecule has 2 aromatic rings. The summed E-state index contributed by atoms with van der Waals surface area (Å²) >= 11 is 5.94. The Kier molecular flexibility index (Phi) is 1.85. The molecule has 0 aliphatic carbocycles. The van der Waals surface area contributed by atoms with Crippen molar-refractivity contribution in [1.82, 2.24) is 0 Å². The van der Waals surface area contributed by atoms with E-state index < -0.39 is 0 Å². The normalized spacial score (nSPS) is 10.6. The number of hydrogen-bond donors (Lipinski definition) is 0. The van der Waals surface area contributed by atoms with E-state index in [2.05, 4.69) is 0 Å². The average molecular weight is 195 g/mol. The summed E-state index contributed by atoms with van der Waals surface area (Å²) in [5.74, 6) is 0.0871. The highest BCUT2D eigenvalue weighted by Gasteiger charge is 2.14. The highest BCUT2D eigenvalue weighted by atomic mass is 35.5. The topological polar surface area (TPSA) is 30.2 Å². The fourth-order valence-electron chi connectivity index (χ4n) is 1.24. The van der Waals surface area contributed by atoms with E-state index in [1.165, 1.54) is 6.92 Å². The molecule has 1 heterocycles. The first-order valence-corrected chi connectivity index (χ1v) is 4.26. The van der Waals surface area contributed by atoms with E-state index in [9.17, 15) is 4.79 Å². The van der Waals surface area contributed by atoms with Gasteiger partial charge in [-0.25, -0.2) is 0 Å². The van der Waals surface area contributed by atoms with Gasteiger partial charge in [-0.05, 0) is 12.1 Å². The zero-order valence-electron chi connectivity index (χ0n) is 7.00. The van der Waals surface area contributed by atoms with Crippen molar-refractivity contribution in [3.63, 3.8) is 0 Å². The minimum Gasteiger partial charge on any atom is -0.451 e. The van der Waals surface area contributed by atoms with Crippen LogP contribution in [0.3, 0.4) is 0 Å². The number of ketones is 1. The number of rotatable bonds is 1. The lowest BCUT2D eigenvalue weighted by Crippen LogP contribution is -1.87. The Morgan fingerprint density at radius 2 is 2.08 bits per heavy atom. The van der Waals surface area contributed by atoms with Crippen LogP contribution in [0.5, 0.6) is 0 Å². The Labute approximate surface area is 80.1 Å². The fraction of sp³-hybridized carbons (Fsp3) is 0.100. The first kappa shape index (κ1) is 8.32. The molecule has 0 radical (unpaired) electrons. The molecule has 0 bridgehead atoms. The molecule has 0 saturated carbocycles. The molecule has 0 aliphatic rings. The van der Waals surface area contributed by atoms with Gasteiger partial charge in [-0.1, -0.05) is 23.7 Å². The lowest BCUT2D eigenvalue weighted by molar-refractivity contribution is 0.0989. The second-order valence-corrected chi connectivity index (χ2v) is 3.18. The monoisotopic (exact) mass is 194 g/mol.